The molecule has 0 unspecified atom stereocenters. The molecule has 1 aromatic heterocycles. The Kier molecular flexibility index (Phi) is 8.73. The summed E-state index contributed by atoms with van der Waals surface area (Å²) < 4.78 is 15.6. The van der Waals surface area contributed by atoms with E-state index in [9.17, 15) is 4.39 Å². The third kappa shape index (κ3) is 6.10. The number of hydrogen-bond donors (Lipinski definition) is 2. The highest BCUT2D eigenvalue weighted by Gasteiger charge is 2.03. The maximum atomic E-state index is 13.6. The van der Waals surface area contributed by atoms with Gasteiger partial charge < -0.3 is 10.6 Å². The highest BCUT2D eigenvalue weighted by atomic mass is 127. The molecule has 0 spiro atoms. The summed E-state index contributed by atoms with van der Waals surface area (Å²) in [5.74, 6) is 0.460. The van der Waals surface area contributed by atoms with Crippen molar-refractivity contribution >= 4 is 29.9 Å². The van der Waals surface area contributed by atoms with Crippen LogP contribution in [0.2, 0.25) is 0 Å². The highest BCUT2D eigenvalue weighted by Crippen LogP contribution is 2.05. The molecule has 5 nitrogen and oxygen atoms in total. The monoisotopic (exact) mass is 445 g/mol. The van der Waals surface area contributed by atoms with Crippen LogP contribution in [0.15, 0.2) is 35.3 Å². The molecule has 0 aliphatic heterocycles. The molecule has 2 aromatic rings. The van der Waals surface area contributed by atoms with E-state index in [1.807, 2.05) is 17.7 Å². The summed E-state index contributed by atoms with van der Waals surface area (Å²) >= 11 is 0. The normalized spacial score (nSPS) is 11.1. The third-order valence-electron chi connectivity index (χ3n) is 3.57. The summed E-state index contributed by atoms with van der Waals surface area (Å²) in [6, 6.07) is 8.80. The van der Waals surface area contributed by atoms with Crippen LogP contribution in [0, 0.1) is 19.7 Å². The number of guanidine groups is 1. The number of halogens is 2. The van der Waals surface area contributed by atoms with E-state index in [0.29, 0.717) is 18.1 Å². The van der Waals surface area contributed by atoms with Crippen molar-refractivity contribution in [1.82, 2.24) is 20.4 Å². The largest absolute Gasteiger partial charge is 0.356 e. The van der Waals surface area contributed by atoms with Crippen LogP contribution in [0.3, 0.4) is 0 Å². The molecule has 7 heteroatoms. The van der Waals surface area contributed by atoms with Crippen molar-refractivity contribution in [3.05, 3.63) is 53.1 Å². The molecule has 0 atom stereocenters. The number of rotatable bonds is 6. The topological polar surface area (TPSA) is 54.2 Å². The molecule has 2 N–H and O–H groups in total. The first-order chi connectivity index (χ1) is 11.1. The molecule has 0 fully saturated rings. The Balaban J connectivity index is 0.00000288. The predicted molar refractivity (Wildman–Crippen MR) is 106 cm³/mol. The summed E-state index contributed by atoms with van der Waals surface area (Å²) in [4.78, 5) is 4.15. The van der Waals surface area contributed by atoms with Crippen molar-refractivity contribution in [2.75, 3.05) is 13.6 Å². The van der Waals surface area contributed by atoms with Gasteiger partial charge in [-0.25, -0.2) is 4.39 Å². The van der Waals surface area contributed by atoms with Gasteiger partial charge in [0.25, 0.3) is 0 Å². The van der Waals surface area contributed by atoms with Crippen LogP contribution in [-0.4, -0.2) is 29.3 Å². The minimum Gasteiger partial charge on any atom is -0.356 e. The van der Waals surface area contributed by atoms with Crippen molar-refractivity contribution in [3.63, 3.8) is 0 Å². The number of hydrogen-bond acceptors (Lipinski definition) is 2. The van der Waals surface area contributed by atoms with Gasteiger partial charge in [0.2, 0.25) is 0 Å². The van der Waals surface area contributed by atoms with Gasteiger partial charge in [-0.3, -0.25) is 9.67 Å². The smallest absolute Gasteiger partial charge is 0.191 e. The second-order valence-electron chi connectivity index (χ2n) is 5.45. The van der Waals surface area contributed by atoms with Gasteiger partial charge in [0.15, 0.2) is 5.96 Å². The molecule has 24 heavy (non-hydrogen) atoms. The van der Waals surface area contributed by atoms with Crippen LogP contribution in [0.1, 0.15) is 23.4 Å². The molecule has 132 valence electrons. The first kappa shape index (κ1) is 20.4. The van der Waals surface area contributed by atoms with Crippen molar-refractivity contribution < 1.29 is 4.39 Å². The SMILES string of the molecule is CN=C(NCCCn1nc(C)cc1C)NCc1ccccc1F.I. The summed E-state index contributed by atoms with van der Waals surface area (Å²) in [6.07, 6.45) is 0.933. The van der Waals surface area contributed by atoms with Gasteiger partial charge in [-0.15, -0.1) is 24.0 Å². The zero-order chi connectivity index (χ0) is 16.7. The first-order valence-corrected chi connectivity index (χ1v) is 7.79. The molecule has 0 bridgehead atoms. The summed E-state index contributed by atoms with van der Waals surface area (Å²) in [7, 11) is 1.71. The molecule has 2 rings (SSSR count). The van der Waals surface area contributed by atoms with Crippen LogP contribution in [0.25, 0.3) is 0 Å². The average molecular weight is 445 g/mol. The molecule has 0 radical (unpaired) electrons. The Hall–Kier alpha value is -1.64. The fraction of sp³-hybridized carbons (Fsp3) is 0.412. The molecule has 0 aliphatic rings. The lowest BCUT2D eigenvalue weighted by atomic mass is 10.2. The molecule has 0 aliphatic carbocycles. The second kappa shape index (κ2) is 10.3. The van der Waals surface area contributed by atoms with E-state index in [-0.39, 0.29) is 29.8 Å². The third-order valence-corrected chi connectivity index (χ3v) is 3.57. The predicted octanol–water partition coefficient (Wildman–Crippen LogP) is 3.01. The number of aliphatic imine (C=N–C) groups is 1. The van der Waals surface area contributed by atoms with Crippen LogP contribution < -0.4 is 10.6 Å². The Morgan fingerprint density at radius 3 is 2.62 bits per heavy atom. The minimum absolute atomic E-state index is 0. The number of benzene rings is 1. The Labute approximate surface area is 159 Å². The second-order valence-corrected chi connectivity index (χ2v) is 5.45. The van der Waals surface area contributed by atoms with Gasteiger partial charge in [0, 0.05) is 37.9 Å². The molecule has 0 saturated heterocycles. The van der Waals surface area contributed by atoms with Gasteiger partial charge in [0.05, 0.1) is 5.69 Å². The van der Waals surface area contributed by atoms with Crippen LogP contribution in [-0.2, 0) is 13.1 Å². The first-order valence-electron chi connectivity index (χ1n) is 7.79. The molecular weight excluding hydrogens is 420 g/mol. The van der Waals surface area contributed by atoms with Gasteiger partial charge >= 0.3 is 0 Å². The Morgan fingerprint density at radius 2 is 2.00 bits per heavy atom. The van der Waals surface area contributed by atoms with Gasteiger partial charge in [-0.2, -0.15) is 5.10 Å². The fourth-order valence-electron chi connectivity index (χ4n) is 2.38. The van der Waals surface area contributed by atoms with Gasteiger partial charge in [-0.1, -0.05) is 18.2 Å². The summed E-state index contributed by atoms with van der Waals surface area (Å²) in [5.41, 5.74) is 2.83. The highest BCUT2D eigenvalue weighted by molar-refractivity contribution is 14.0. The summed E-state index contributed by atoms with van der Waals surface area (Å²) in [5, 5.41) is 10.8. The van der Waals surface area contributed by atoms with E-state index in [2.05, 4.69) is 33.7 Å². The van der Waals surface area contributed by atoms with E-state index in [4.69, 9.17) is 0 Å². The number of nitrogens with zero attached hydrogens (tertiary/aromatic N) is 3. The van der Waals surface area contributed by atoms with Crippen molar-refractivity contribution in [2.24, 2.45) is 4.99 Å². The molecule has 1 aromatic carbocycles. The Bertz CT molecular complexity index is 669. The fourth-order valence-corrected chi connectivity index (χ4v) is 2.38. The zero-order valence-electron chi connectivity index (χ0n) is 14.3. The number of aromatic nitrogens is 2. The van der Waals surface area contributed by atoms with E-state index in [1.165, 1.54) is 11.8 Å². The van der Waals surface area contributed by atoms with Gasteiger partial charge in [0.1, 0.15) is 5.82 Å². The molecular formula is C17H25FIN5. The standard InChI is InChI=1S/C17H24FN5.HI/c1-13-11-14(2)23(22-13)10-6-9-20-17(19-3)21-12-15-7-4-5-8-16(15)18;/h4-5,7-8,11H,6,9-10,12H2,1-3H3,(H2,19,20,21);1H. The molecule has 1 heterocycles. The zero-order valence-corrected chi connectivity index (χ0v) is 16.7. The Morgan fingerprint density at radius 1 is 1.25 bits per heavy atom. The quantitative estimate of drug-likeness (QED) is 0.311. The van der Waals surface area contributed by atoms with Crippen molar-refractivity contribution in [2.45, 2.75) is 33.4 Å². The molecule has 0 amide bonds. The minimum atomic E-state index is -0.208. The lowest BCUT2D eigenvalue weighted by Gasteiger charge is -2.12. The lowest BCUT2D eigenvalue weighted by Crippen LogP contribution is -2.37. The van der Waals surface area contributed by atoms with Crippen LogP contribution in [0.4, 0.5) is 4.39 Å². The van der Waals surface area contributed by atoms with Crippen LogP contribution in [0.5, 0.6) is 0 Å². The lowest BCUT2D eigenvalue weighted by molar-refractivity contribution is 0.554. The van der Waals surface area contributed by atoms with E-state index < -0.39 is 0 Å². The van der Waals surface area contributed by atoms with E-state index >= 15 is 0 Å². The average Bonchev–Trinajstić information content (AvgIpc) is 2.86. The van der Waals surface area contributed by atoms with E-state index in [1.54, 1.807) is 19.2 Å². The van der Waals surface area contributed by atoms with E-state index in [0.717, 1.165) is 25.2 Å². The number of nitrogens with one attached hydrogen (secondary N) is 2. The van der Waals surface area contributed by atoms with Crippen molar-refractivity contribution in [3.8, 4) is 0 Å². The van der Waals surface area contributed by atoms with Crippen molar-refractivity contribution in [1.29, 1.82) is 0 Å². The number of aryl methyl sites for hydroxylation is 3. The maximum absolute atomic E-state index is 13.6. The van der Waals surface area contributed by atoms with Gasteiger partial charge in [-0.05, 0) is 32.4 Å². The summed E-state index contributed by atoms with van der Waals surface area (Å²) in [6.45, 7) is 6.09. The molecule has 0 saturated carbocycles. The van der Waals surface area contributed by atoms with Crippen LogP contribution >= 0.6 is 24.0 Å². The maximum Gasteiger partial charge on any atom is 0.191 e.